The fourth-order valence-corrected chi connectivity index (χ4v) is 13.0. The predicted molar refractivity (Wildman–Crippen MR) is 199 cm³/mol. The Labute approximate surface area is 328 Å². The smallest absolute Gasteiger partial charge is 0.331 e. The molecule has 0 amide bonds. The van der Waals surface area contributed by atoms with Gasteiger partial charge in [-0.1, -0.05) is 77.1 Å². The zero-order valence-electron chi connectivity index (χ0n) is 33.4. The fraction of sp³-hybridized carbons (Fsp3) is 0.727. The van der Waals surface area contributed by atoms with Gasteiger partial charge in [-0.3, -0.25) is 4.79 Å². The molecule has 4 N–H and O–H groups in total. The van der Waals surface area contributed by atoms with E-state index in [0.717, 1.165) is 6.42 Å². The predicted octanol–water partition coefficient (Wildman–Crippen LogP) is 4.07. The van der Waals surface area contributed by atoms with Gasteiger partial charge in [0.2, 0.25) is 0 Å². The largest absolute Gasteiger partial charge is 0.458 e. The summed E-state index contributed by atoms with van der Waals surface area (Å²) in [5.74, 6) is -5.65. The number of hydrogen-bond acceptors (Lipinski definition) is 12. The van der Waals surface area contributed by atoms with E-state index in [0.29, 0.717) is 18.4 Å². The molecule has 12 nitrogen and oxygen atoms in total. The molecule has 1 unspecified atom stereocenters. The highest BCUT2D eigenvalue weighted by atomic mass is 16.9. The number of benzene rings is 1. The maximum atomic E-state index is 13.7. The van der Waals surface area contributed by atoms with Crippen LogP contribution in [0.5, 0.6) is 0 Å². The van der Waals surface area contributed by atoms with Crippen molar-refractivity contribution in [3.8, 4) is 0 Å². The van der Waals surface area contributed by atoms with Crippen LogP contribution >= 0.6 is 0 Å². The molecule has 9 aliphatic rings. The molecular weight excluding hydrogens is 720 g/mol. The number of allylic oxidation sites excluding steroid dienone is 2. The highest BCUT2D eigenvalue weighted by Crippen LogP contribution is 2.75. The van der Waals surface area contributed by atoms with E-state index >= 15 is 0 Å². The number of epoxide rings is 1. The Morgan fingerprint density at radius 2 is 1.66 bits per heavy atom. The minimum absolute atomic E-state index is 0.0284. The second-order valence-corrected chi connectivity index (χ2v) is 19.4. The average molecular weight is 779 g/mol. The summed E-state index contributed by atoms with van der Waals surface area (Å²) in [5.41, 5.74) is -7.95. The lowest BCUT2D eigenvalue weighted by molar-refractivity contribution is -0.595. The van der Waals surface area contributed by atoms with Gasteiger partial charge in [0.15, 0.2) is 0 Å². The topological polar surface area (TPSA) is 174 Å². The number of carbonyl (C=O) groups is 2. The fourth-order valence-electron chi connectivity index (χ4n) is 13.0. The summed E-state index contributed by atoms with van der Waals surface area (Å²) in [6, 6.07) is 9.19. The molecule has 4 aliphatic carbocycles. The molecule has 5 aliphatic heterocycles. The highest BCUT2D eigenvalue weighted by Gasteiger charge is 2.90. The van der Waals surface area contributed by atoms with Crippen molar-refractivity contribution >= 4 is 11.9 Å². The SMILES string of the molecule is CC(C)CC(=O)O[C@@H]1/C=C\C=C\C(=O)O[C@H]2[C@@H](C)C[C@@H]3[C@]2(O)[C@H](O)[C@@]2(C)O[C@H]2[C@H]2[C@H]4OC5(c6ccccc6)O[C@@H]([C@@H](C)[C@@]23O5)[C@@]4(O)[C@](C)(O)C[C@H]2CC[C@H]1[C@H]2C. The Hall–Kier alpha value is -2.68. The number of aliphatic hydroxyl groups is 4. The van der Waals surface area contributed by atoms with Crippen LogP contribution in [0.3, 0.4) is 0 Å². The van der Waals surface area contributed by atoms with Gasteiger partial charge in [0.25, 0.3) is 0 Å². The van der Waals surface area contributed by atoms with Crippen molar-refractivity contribution in [1.29, 1.82) is 0 Å². The molecule has 1 aromatic rings. The third-order valence-electron chi connectivity index (χ3n) is 15.7. The van der Waals surface area contributed by atoms with Crippen LogP contribution in [0.2, 0.25) is 0 Å². The van der Waals surface area contributed by atoms with E-state index in [9.17, 15) is 30.0 Å². The first kappa shape index (κ1) is 38.8. The Balaban J connectivity index is 1.21. The lowest BCUT2D eigenvalue weighted by atomic mass is 9.49. The summed E-state index contributed by atoms with van der Waals surface area (Å²) in [5, 5.41) is 52.1. The maximum Gasteiger partial charge on any atom is 0.331 e. The van der Waals surface area contributed by atoms with Crippen LogP contribution in [-0.4, -0.2) is 97.0 Å². The number of ether oxygens (including phenoxy) is 6. The van der Waals surface area contributed by atoms with Gasteiger partial charge in [0.1, 0.15) is 47.3 Å². The Morgan fingerprint density at radius 1 is 0.946 bits per heavy atom. The van der Waals surface area contributed by atoms with Gasteiger partial charge in [0, 0.05) is 41.7 Å². The van der Waals surface area contributed by atoms with E-state index in [-0.39, 0.29) is 42.5 Å². The van der Waals surface area contributed by atoms with Crippen molar-refractivity contribution in [3.63, 3.8) is 0 Å². The molecule has 56 heavy (non-hydrogen) atoms. The summed E-state index contributed by atoms with van der Waals surface area (Å²) in [6.45, 7) is 13.2. The summed E-state index contributed by atoms with van der Waals surface area (Å²) in [7, 11) is 0. The van der Waals surface area contributed by atoms with Gasteiger partial charge >= 0.3 is 17.9 Å². The van der Waals surface area contributed by atoms with E-state index in [1.54, 1.807) is 32.1 Å². The first-order valence-electron chi connectivity index (χ1n) is 20.7. The molecule has 0 aromatic heterocycles. The molecule has 1 spiro atoms. The quantitative estimate of drug-likeness (QED) is 0.256. The zero-order valence-corrected chi connectivity index (χ0v) is 33.4. The summed E-state index contributed by atoms with van der Waals surface area (Å²) in [6.07, 6.45) is 2.26. The zero-order chi connectivity index (χ0) is 40.0. The van der Waals surface area contributed by atoms with Crippen molar-refractivity contribution < 1.29 is 58.4 Å². The summed E-state index contributed by atoms with van der Waals surface area (Å²) in [4.78, 5) is 26.7. The van der Waals surface area contributed by atoms with Gasteiger partial charge < -0.3 is 48.8 Å². The van der Waals surface area contributed by atoms with Crippen molar-refractivity contribution in [2.75, 3.05) is 0 Å². The van der Waals surface area contributed by atoms with Gasteiger partial charge in [-0.05, 0) is 69.3 Å². The van der Waals surface area contributed by atoms with Crippen LogP contribution in [-0.2, 0) is 44.0 Å². The standard InChI is InChI=1S/C44H58O12/c1-22(2)19-32(46)51-29-15-11-12-16-31(45)52-34-23(3)20-30-41(34,49)38(47)40(7)36(53-40)33-37-43(50,39(6,48)21-26-17-18-28(29)24(26)4)35-25(5)42(30,33)56-44(54-35,55-37)27-13-9-8-10-14-27/h8-16,22-26,28-30,33-38,47-50H,17-21H2,1-7H3/b15-11-,16-12+/t23-,24-,25+,26+,28-,29+,30+,33-,34-,35-,36-,37+,38+,39+,40-,41+,42-,43-,44?/m0/s1. The van der Waals surface area contributed by atoms with Crippen LogP contribution in [0.1, 0.15) is 86.1 Å². The van der Waals surface area contributed by atoms with E-state index in [2.05, 4.69) is 6.92 Å². The molecule has 306 valence electrons. The minimum atomic E-state index is -2.05. The maximum absolute atomic E-state index is 13.7. The van der Waals surface area contributed by atoms with E-state index in [1.165, 1.54) is 6.08 Å². The third-order valence-corrected chi connectivity index (χ3v) is 15.7. The molecule has 5 heterocycles. The molecule has 4 saturated heterocycles. The normalized spacial score (nSPS) is 55.1. The third kappa shape index (κ3) is 5.06. The highest BCUT2D eigenvalue weighted by molar-refractivity contribution is 5.82. The van der Waals surface area contributed by atoms with Gasteiger partial charge in [-0.15, -0.1) is 0 Å². The monoisotopic (exact) mass is 778 g/mol. The lowest BCUT2D eigenvalue weighted by Crippen LogP contribution is -2.89. The molecular formula is C44H58O12. The molecule has 19 atom stereocenters. The van der Waals surface area contributed by atoms with Crippen molar-refractivity contribution in [2.24, 2.45) is 47.3 Å². The van der Waals surface area contributed by atoms with Crippen molar-refractivity contribution in [2.45, 2.75) is 151 Å². The Kier molecular flexibility index (Phi) is 8.78. The number of hydrogen-bond donors (Lipinski definition) is 4. The molecule has 4 saturated carbocycles. The first-order valence-corrected chi connectivity index (χ1v) is 20.7. The van der Waals surface area contributed by atoms with Crippen molar-refractivity contribution in [1.82, 2.24) is 0 Å². The first-order chi connectivity index (χ1) is 26.3. The van der Waals surface area contributed by atoms with E-state index in [4.69, 9.17) is 28.4 Å². The molecule has 12 heteroatoms. The lowest BCUT2D eigenvalue weighted by Gasteiger charge is -2.74. The van der Waals surface area contributed by atoms with Crippen LogP contribution < -0.4 is 0 Å². The van der Waals surface area contributed by atoms with Gasteiger partial charge in [-0.25, -0.2) is 4.79 Å². The summed E-state index contributed by atoms with van der Waals surface area (Å²) >= 11 is 0. The Bertz CT molecular complexity index is 1810. The number of fused-ring (bicyclic) bond motifs is 3. The minimum Gasteiger partial charge on any atom is -0.458 e. The van der Waals surface area contributed by atoms with Crippen LogP contribution in [0.4, 0.5) is 0 Å². The van der Waals surface area contributed by atoms with E-state index < -0.39 is 100 Å². The second kappa shape index (κ2) is 12.7. The molecule has 8 fully saturated rings. The van der Waals surface area contributed by atoms with Gasteiger partial charge in [0.05, 0.1) is 17.3 Å². The number of aliphatic hydroxyl groups excluding tert-OH is 1. The second-order valence-electron chi connectivity index (χ2n) is 19.4. The summed E-state index contributed by atoms with van der Waals surface area (Å²) < 4.78 is 39.8. The Morgan fingerprint density at radius 3 is 2.38 bits per heavy atom. The molecule has 10 bridgehead atoms. The number of rotatable bonds is 4. The van der Waals surface area contributed by atoms with E-state index in [1.807, 2.05) is 58.0 Å². The van der Waals surface area contributed by atoms with Crippen molar-refractivity contribution in [3.05, 3.63) is 60.2 Å². The number of carbonyl (C=O) groups excluding carboxylic acids is 2. The average Bonchev–Trinajstić information content (AvgIpc) is 3.61. The molecule has 0 radical (unpaired) electrons. The van der Waals surface area contributed by atoms with Crippen LogP contribution in [0.15, 0.2) is 54.6 Å². The van der Waals surface area contributed by atoms with Crippen LogP contribution in [0, 0.1) is 47.3 Å². The molecule has 1 aromatic carbocycles. The molecule has 10 rings (SSSR count). The van der Waals surface area contributed by atoms with Crippen LogP contribution in [0.25, 0.3) is 0 Å². The van der Waals surface area contributed by atoms with Gasteiger partial charge in [-0.2, -0.15) is 0 Å². The number of esters is 2.